The van der Waals surface area contributed by atoms with E-state index in [0.29, 0.717) is 12.0 Å². The van der Waals surface area contributed by atoms with Crippen LogP contribution in [0.1, 0.15) is 32.6 Å². The summed E-state index contributed by atoms with van der Waals surface area (Å²) in [6, 6.07) is 0. The van der Waals surface area contributed by atoms with Gasteiger partial charge in [0.1, 0.15) is 0 Å². The highest BCUT2D eigenvalue weighted by Crippen LogP contribution is 2.40. The predicted molar refractivity (Wildman–Crippen MR) is 79.7 cm³/mol. The second-order valence-corrected chi connectivity index (χ2v) is 6.36. The number of hydrogen-bond donors (Lipinski definition) is 0. The van der Waals surface area contributed by atoms with Gasteiger partial charge in [-0.3, -0.25) is 4.90 Å². The van der Waals surface area contributed by atoms with Gasteiger partial charge in [0.25, 0.3) is 0 Å². The van der Waals surface area contributed by atoms with Gasteiger partial charge >= 0.3 is 6.09 Å². The van der Waals surface area contributed by atoms with Gasteiger partial charge in [-0.25, -0.2) is 4.79 Å². The van der Waals surface area contributed by atoms with Crippen LogP contribution in [-0.2, 0) is 4.74 Å². The molecule has 1 aliphatic heterocycles. The molecule has 0 N–H and O–H groups in total. The molecule has 0 radical (unpaired) electrons. The van der Waals surface area contributed by atoms with Crippen molar-refractivity contribution in [2.24, 2.45) is 5.41 Å². The van der Waals surface area contributed by atoms with Crippen molar-refractivity contribution in [1.82, 2.24) is 9.80 Å². The Kier molecular flexibility index (Phi) is 5.51. The van der Waals surface area contributed by atoms with Gasteiger partial charge in [-0.2, -0.15) is 0 Å². The van der Waals surface area contributed by atoms with E-state index in [9.17, 15) is 4.79 Å². The Bertz CT molecular complexity index is 298. The smallest absolute Gasteiger partial charge is 0.409 e. The average Bonchev–Trinajstić information content (AvgIpc) is 2.89. The highest BCUT2D eigenvalue weighted by Gasteiger charge is 2.35. The largest absolute Gasteiger partial charge is 0.450 e. The zero-order valence-electron chi connectivity index (χ0n) is 11.9. The lowest BCUT2D eigenvalue weighted by molar-refractivity contribution is 0.0671. The van der Waals surface area contributed by atoms with Gasteiger partial charge in [0, 0.05) is 38.1 Å². The molecule has 0 unspecified atom stereocenters. The standard InChI is InChI=1S/C14H25BrN2O2/c1-2-19-13(18)17-9-7-16(8-10-17)12-14(11-15)5-3-4-6-14/h2-12H2,1H3. The summed E-state index contributed by atoms with van der Waals surface area (Å²) in [5.41, 5.74) is 0.478. The van der Waals surface area contributed by atoms with Gasteiger partial charge in [-0.1, -0.05) is 28.8 Å². The van der Waals surface area contributed by atoms with Crippen molar-refractivity contribution in [2.45, 2.75) is 32.6 Å². The molecule has 2 rings (SSSR count). The highest BCUT2D eigenvalue weighted by molar-refractivity contribution is 9.09. The molecule has 1 heterocycles. The molecule has 2 aliphatic rings. The summed E-state index contributed by atoms with van der Waals surface area (Å²) < 4.78 is 5.05. The first-order valence-corrected chi connectivity index (χ1v) is 8.51. The first-order chi connectivity index (χ1) is 9.19. The quantitative estimate of drug-likeness (QED) is 0.742. The Hall–Kier alpha value is -0.290. The molecule has 2 fully saturated rings. The van der Waals surface area contributed by atoms with Gasteiger partial charge in [0.15, 0.2) is 0 Å². The Balaban J connectivity index is 1.78. The maximum absolute atomic E-state index is 11.6. The van der Waals surface area contributed by atoms with Gasteiger partial charge in [0.05, 0.1) is 6.61 Å². The van der Waals surface area contributed by atoms with Crippen LogP contribution < -0.4 is 0 Å². The average molecular weight is 333 g/mol. The second-order valence-electron chi connectivity index (χ2n) is 5.80. The molecule has 0 atom stereocenters. The lowest BCUT2D eigenvalue weighted by Crippen LogP contribution is -2.51. The zero-order chi connectivity index (χ0) is 13.7. The first-order valence-electron chi connectivity index (χ1n) is 7.39. The van der Waals surface area contributed by atoms with Crippen LogP contribution in [0.2, 0.25) is 0 Å². The Morgan fingerprint density at radius 2 is 1.84 bits per heavy atom. The fraction of sp³-hybridized carbons (Fsp3) is 0.929. The maximum Gasteiger partial charge on any atom is 0.409 e. The minimum Gasteiger partial charge on any atom is -0.450 e. The molecule has 19 heavy (non-hydrogen) atoms. The number of alkyl halides is 1. The van der Waals surface area contributed by atoms with E-state index in [-0.39, 0.29) is 6.09 Å². The van der Waals surface area contributed by atoms with Crippen LogP contribution in [0.15, 0.2) is 0 Å². The Morgan fingerprint density at radius 1 is 1.21 bits per heavy atom. The van der Waals surface area contributed by atoms with E-state index in [0.717, 1.165) is 31.5 Å². The Labute approximate surface area is 124 Å². The highest BCUT2D eigenvalue weighted by atomic mass is 79.9. The summed E-state index contributed by atoms with van der Waals surface area (Å²) in [5.74, 6) is 0. The molecule has 0 spiro atoms. The number of carbonyl (C=O) groups excluding carboxylic acids is 1. The zero-order valence-corrected chi connectivity index (χ0v) is 13.5. The number of hydrogen-bond acceptors (Lipinski definition) is 3. The number of carbonyl (C=O) groups is 1. The van der Waals surface area contributed by atoms with E-state index >= 15 is 0 Å². The summed E-state index contributed by atoms with van der Waals surface area (Å²) in [7, 11) is 0. The van der Waals surface area contributed by atoms with Crippen LogP contribution in [0, 0.1) is 5.41 Å². The summed E-state index contributed by atoms with van der Waals surface area (Å²) in [5, 5.41) is 1.11. The van der Waals surface area contributed by atoms with Crippen molar-refractivity contribution in [3.8, 4) is 0 Å². The molecular formula is C14H25BrN2O2. The van der Waals surface area contributed by atoms with Crippen molar-refractivity contribution in [3.05, 3.63) is 0 Å². The molecule has 1 amide bonds. The maximum atomic E-state index is 11.6. The number of piperazine rings is 1. The van der Waals surface area contributed by atoms with Crippen LogP contribution in [-0.4, -0.2) is 60.6 Å². The molecule has 1 aliphatic carbocycles. The molecule has 0 bridgehead atoms. The number of ether oxygens (including phenoxy) is 1. The monoisotopic (exact) mass is 332 g/mol. The van der Waals surface area contributed by atoms with E-state index < -0.39 is 0 Å². The fourth-order valence-electron chi connectivity index (χ4n) is 3.24. The SMILES string of the molecule is CCOC(=O)N1CCN(CC2(CBr)CCCC2)CC1. The first kappa shape index (κ1) is 15.1. The van der Waals surface area contributed by atoms with Crippen molar-refractivity contribution in [3.63, 3.8) is 0 Å². The summed E-state index contributed by atoms with van der Waals surface area (Å²) >= 11 is 3.70. The van der Waals surface area contributed by atoms with E-state index in [2.05, 4.69) is 20.8 Å². The number of rotatable bonds is 4. The minimum absolute atomic E-state index is 0.154. The molecule has 4 nitrogen and oxygen atoms in total. The molecule has 0 aromatic carbocycles. The topological polar surface area (TPSA) is 32.8 Å². The third-order valence-electron chi connectivity index (χ3n) is 4.41. The van der Waals surface area contributed by atoms with Crippen molar-refractivity contribution in [1.29, 1.82) is 0 Å². The number of amides is 1. The van der Waals surface area contributed by atoms with Gasteiger partial charge < -0.3 is 9.64 Å². The minimum atomic E-state index is -0.154. The van der Waals surface area contributed by atoms with E-state index in [1.807, 2.05) is 11.8 Å². The van der Waals surface area contributed by atoms with Crippen LogP contribution in [0.5, 0.6) is 0 Å². The molecule has 110 valence electrons. The molecule has 1 saturated carbocycles. The Morgan fingerprint density at radius 3 is 2.37 bits per heavy atom. The van der Waals surface area contributed by atoms with Crippen LogP contribution >= 0.6 is 15.9 Å². The molecule has 5 heteroatoms. The van der Waals surface area contributed by atoms with Crippen LogP contribution in [0.25, 0.3) is 0 Å². The van der Waals surface area contributed by atoms with Crippen molar-refractivity contribution >= 4 is 22.0 Å². The third kappa shape index (κ3) is 3.85. The van der Waals surface area contributed by atoms with Crippen molar-refractivity contribution in [2.75, 3.05) is 44.7 Å². The van der Waals surface area contributed by atoms with Gasteiger partial charge in [0.2, 0.25) is 0 Å². The van der Waals surface area contributed by atoms with Crippen LogP contribution in [0.3, 0.4) is 0 Å². The summed E-state index contributed by atoms with van der Waals surface area (Å²) in [4.78, 5) is 16.0. The number of nitrogens with zero attached hydrogens (tertiary/aromatic N) is 2. The van der Waals surface area contributed by atoms with Crippen molar-refractivity contribution < 1.29 is 9.53 Å². The normalized spacial score (nSPS) is 23.6. The molecular weight excluding hydrogens is 308 g/mol. The lowest BCUT2D eigenvalue weighted by Gasteiger charge is -2.39. The van der Waals surface area contributed by atoms with E-state index in [4.69, 9.17) is 4.74 Å². The molecule has 0 aromatic heterocycles. The van der Waals surface area contributed by atoms with E-state index in [1.54, 1.807) is 0 Å². The van der Waals surface area contributed by atoms with Gasteiger partial charge in [-0.15, -0.1) is 0 Å². The second kappa shape index (κ2) is 6.93. The molecule has 1 saturated heterocycles. The lowest BCUT2D eigenvalue weighted by atomic mass is 9.88. The molecule has 0 aromatic rings. The van der Waals surface area contributed by atoms with Crippen LogP contribution in [0.4, 0.5) is 4.79 Å². The number of halogens is 1. The predicted octanol–water partition coefficient (Wildman–Crippen LogP) is 2.72. The third-order valence-corrected chi connectivity index (χ3v) is 5.59. The summed E-state index contributed by atoms with van der Waals surface area (Å²) in [6.45, 7) is 7.06. The van der Waals surface area contributed by atoms with Gasteiger partial charge in [-0.05, 0) is 25.2 Å². The fourth-order valence-corrected chi connectivity index (χ4v) is 3.97. The van der Waals surface area contributed by atoms with E-state index in [1.165, 1.54) is 32.2 Å². The summed E-state index contributed by atoms with van der Waals surface area (Å²) in [6.07, 6.45) is 5.27.